The lowest BCUT2D eigenvalue weighted by atomic mass is 9.89. The summed E-state index contributed by atoms with van der Waals surface area (Å²) >= 11 is 1.47. The number of anilines is 1. The normalized spacial score (nSPS) is 15.5. The topological polar surface area (TPSA) is 62.1 Å². The SMILES string of the molecule is CCCc1sc(NC(=O)C2CCCCC2)c(C#N)c1OC. The summed E-state index contributed by atoms with van der Waals surface area (Å²) in [7, 11) is 1.58. The van der Waals surface area contributed by atoms with E-state index in [1.54, 1.807) is 7.11 Å². The number of carbonyl (C=O) groups is 1. The fraction of sp³-hybridized carbons (Fsp3) is 0.625. The summed E-state index contributed by atoms with van der Waals surface area (Å²) in [5.74, 6) is 0.773. The van der Waals surface area contributed by atoms with E-state index in [1.807, 2.05) is 0 Å². The number of carbonyl (C=O) groups excluding carboxylic acids is 1. The Kier molecular flexibility index (Phi) is 5.63. The number of methoxy groups -OCH3 is 1. The third-order valence-electron chi connectivity index (χ3n) is 3.94. The molecule has 114 valence electrons. The van der Waals surface area contributed by atoms with E-state index in [2.05, 4.69) is 18.3 Å². The molecule has 0 spiro atoms. The van der Waals surface area contributed by atoms with E-state index in [4.69, 9.17) is 4.74 Å². The lowest BCUT2D eigenvalue weighted by Gasteiger charge is -2.20. The molecule has 21 heavy (non-hydrogen) atoms. The van der Waals surface area contributed by atoms with Crippen molar-refractivity contribution in [2.45, 2.75) is 51.9 Å². The van der Waals surface area contributed by atoms with Gasteiger partial charge in [0.2, 0.25) is 5.91 Å². The zero-order valence-electron chi connectivity index (χ0n) is 12.7. The van der Waals surface area contributed by atoms with Crippen LogP contribution in [0.15, 0.2) is 0 Å². The second-order valence-electron chi connectivity index (χ2n) is 5.45. The summed E-state index contributed by atoms with van der Waals surface area (Å²) in [6.07, 6.45) is 7.23. The maximum atomic E-state index is 12.3. The molecule has 1 heterocycles. The highest BCUT2D eigenvalue weighted by molar-refractivity contribution is 7.17. The first-order valence-corrected chi connectivity index (χ1v) is 8.43. The van der Waals surface area contributed by atoms with Crippen molar-refractivity contribution >= 4 is 22.2 Å². The minimum absolute atomic E-state index is 0.0538. The summed E-state index contributed by atoms with van der Waals surface area (Å²) in [5.41, 5.74) is 0.468. The number of amides is 1. The van der Waals surface area contributed by atoms with Crippen LogP contribution in [0, 0.1) is 17.2 Å². The van der Waals surface area contributed by atoms with Crippen LogP contribution < -0.4 is 10.1 Å². The predicted molar refractivity (Wildman–Crippen MR) is 84.8 cm³/mol. The van der Waals surface area contributed by atoms with Crippen LogP contribution in [0.4, 0.5) is 5.00 Å². The summed E-state index contributed by atoms with van der Waals surface area (Å²) in [5, 5.41) is 13.0. The van der Waals surface area contributed by atoms with E-state index in [-0.39, 0.29) is 11.8 Å². The molecule has 1 aromatic rings. The average molecular weight is 306 g/mol. The maximum Gasteiger partial charge on any atom is 0.228 e. The van der Waals surface area contributed by atoms with Gasteiger partial charge in [-0.2, -0.15) is 5.26 Å². The number of rotatable bonds is 5. The van der Waals surface area contributed by atoms with Crippen molar-refractivity contribution in [3.63, 3.8) is 0 Å². The minimum Gasteiger partial charge on any atom is -0.494 e. The van der Waals surface area contributed by atoms with E-state index in [0.717, 1.165) is 43.4 Å². The van der Waals surface area contributed by atoms with Crippen molar-refractivity contribution in [1.29, 1.82) is 5.26 Å². The van der Waals surface area contributed by atoms with E-state index >= 15 is 0 Å². The van der Waals surface area contributed by atoms with Crippen LogP contribution in [0.1, 0.15) is 55.9 Å². The monoisotopic (exact) mass is 306 g/mol. The third kappa shape index (κ3) is 3.56. The number of nitrogens with one attached hydrogen (secondary N) is 1. The molecule has 1 aromatic heterocycles. The standard InChI is InChI=1S/C16H22N2O2S/c1-3-7-13-14(20-2)12(10-17)16(21-13)18-15(19)11-8-5-4-6-9-11/h11H,3-9H2,1-2H3,(H,18,19). The van der Waals surface area contributed by atoms with Gasteiger partial charge in [-0.25, -0.2) is 0 Å². The largest absolute Gasteiger partial charge is 0.494 e. The Morgan fingerprint density at radius 2 is 2.14 bits per heavy atom. The lowest BCUT2D eigenvalue weighted by Crippen LogP contribution is -2.24. The first-order chi connectivity index (χ1) is 10.2. The van der Waals surface area contributed by atoms with Crippen LogP contribution in [0.3, 0.4) is 0 Å². The van der Waals surface area contributed by atoms with Gasteiger partial charge >= 0.3 is 0 Å². The molecule has 1 fully saturated rings. The van der Waals surface area contributed by atoms with E-state index in [9.17, 15) is 10.1 Å². The van der Waals surface area contributed by atoms with Crippen LogP contribution >= 0.6 is 11.3 Å². The van der Waals surface area contributed by atoms with E-state index in [1.165, 1.54) is 17.8 Å². The first kappa shape index (κ1) is 15.8. The Morgan fingerprint density at radius 3 is 2.71 bits per heavy atom. The zero-order valence-corrected chi connectivity index (χ0v) is 13.5. The Bertz CT molecular complexity index is 539. The molecule has 1 amide bonds. The van der Waals surface area contributed by atoms with Crippen LogP contribution in [0.25, 0.3) is 0 Å². The smallest absolute Gasteiger partial charge is 0.228 e. The number of ether oxygens (including phenoxy) is 1. The number of thiophene rings is 1. The van der Waals surface area contributed by atoms with E-state index < -0.39 is 0 Å². The van der Waals surface area contributed by atoms with Crippen molar-refractivity contribution in [2.24, 2.45) is 5.92 Å². The molecular weight excluding hydrogens is 284 g/mol. The van der Waals surface area contributed by atoms with Crippen molar-refractivity contribution in [3.8, 4) is 11.8 Å². The van der Waals surface area contributed by atoms with Gasteiger partial charge in [0.15, 0.2) is 5.75 Å². The molecule has 0 bridgehead atoms. The van der Waals surface area contributed by atoms with Gasteiger partial charge in [-0.1, -0.05) is 32.6 Å². The zero-order chi connectivity index (χ0) is 15.2. The number of nitrogens with zero attached hydrogens (tertiary/aromatic N) is 1. The van der Waals surface area contributed by atoms with Crippen molar-refractivity contribution < 1.29 is 9.53 Å². The molecule has 1 saturated carbocycles. The molecule has 0 radical (unpaired) electrons. The van der Waals surface area contributed by atoms with Crippen LogP contribution in [-0.4, -0.2) is 13.0 Å². The Labute approximate surface area is 130 Å². The number of nitriles is 1. The van der Waals surface area contributed by atoms with Crippen LogP contribution in [-0.2, 0) is 11.2 Å². The van der Waals surface area contributed by atoms with Gasteiger partial charge in [0, 0.05) is 5.92 Å². The summed E-state index contributed by atoms with van der Waals surface area (Å²) < 4.78 is 5.36. The lowest BCUT2D eigenvalue weighted by molar-refractivity contribution is -0.120. The summed E-state index contributed by atoms with van der Waals surface area (Å²) in [4.78, 5) is 13.4. The van der Waals surface area contributed by atoms with Crippen molar-refractivity contribution in [1.82, 2.24) is 0 Å². The fourth-order valence-corrected chi connectivity index (χ4v) is 4.06. The first-order valence-electron chi connectivity index (χ1n) is 7.61. The maximum absolute atomic E-state index is 12.3. The van der Waals surface area contributed by atoms with Crippen LogP contribution in [0.5, 0.6) is 5.75 Å². The fourth-order valence-electron chi connectivity index (χ4n) is 2.84. The van der Waals surface area contributed by atoms with Gasteiger partial charge in [0.05, 0.1) is 12.0 Å². The molecule has 1 aliphatic carbocycles. The third-order valence-corrected chi connectivity index (χ3v) is 5.08. The van der Waals surface area contributed by atoms with Gasteiger partial charge in [0.25, 0.3) is 0 Å². The van der Waals surface area contributed by atoms with Gasteiger partial charge < -0.3 is 10.1 Å². The molecule has 0 unspecified atom stereocenters. The summed E-state index contributed by atoms with van der Waals surface area (Å²) in [6, 6.07) is 2.17. The number of hydrogen-bond acceptors (Lipinski definition) is 4. The Hall–Kier alpha value is -1.54. The van der Waals surface area contributed by atoms with Crippen LogP contribution in [0.2, 0.25) is 0 Å². The average Bonchev–Trinajstić information content (AvgIpc) is 2.84. The highest BCUT2D eigenvalue weighted by Gasteiger charge is 2.25. The molecular formula is C16H22N2O2S. The molecule has 0 saturated heterocycles. The number of aryl methyl sites for hydroxylation is 1. The minimum atomic E-state index is 0.0538. The molecule has 0 atom stereocenters. The molecule has 2 rings (SSSR count). The Balaban J connectivity index is 2.18. The Morgan fingerprint density at radius 1 is 1.43 bits per heavy atom. The molecule has 5 heteroatoms. The summed E-state index contributed by atoms with van der Waals surface area (Å²) in [6.45, 7) is 2.09. The van der Waals surface area contributed by atoms with Gasteiger partial charge in [-0.15, -0.1) is 11.3 Å². The number of hydrogen-bond donors (Lipinski definition) is 1. The van der Waals surface area contributed by atoms with Crippen molar-refractivity contribution in [3.05, 3.63) is 10.4 Å². The van der Waals surface area contributed by atoms with Gasteiger partial charge in [-0.05, 0) is 19.3 Å². The van der Waals surface area contributed by atoms with Gasteiger partial charge in [-0.3, -0.25) is 4.79 Å². The molecule has 1 N–H and O–H groups in total. The second kappa shape index (κ2) is 7.46. The van der Waals surface area contributed by atoms with Gasteiger partial charge in [0.1, 0.15) is 16.6 Å². The second-order valence-corrected chi connectivity index (χ2v) is 6.55. The molecule has 0 aromatic carbocycles. The molecule has 4 nitrogen and oxygen atoms in total. The van der Waals surface area contributed by atoms with E-state index in [0.29, 0.717) is 16.3 Å². The van der Waals surface area contributed by atoms with Crippen molar-refractivity contribution in [2.75, 3.05) is 12.4 Å². The quantitative estimate of drug-likeness (QED) is 0.890. The highest BCUT2D eigenvalue weighted by atomic mass is 32.1. The predicted octanol–water partition coefficient (Wildman–Crippen LogP) is 4.10. The molecule has 0 aliphatic heterocycles. The molecule has 1 aliphatic rings. The highest BCUT2D eigenvalue weighted by Crippen LogP contribution is 2.40.